The number of morpholine rings is 1. The summed E-state index contributed by atoms with van der Waals surface area (Å²) in [5, 5.41) is 53.4. The van der Waals surface area contributed by atoms with E-state index in [1.54, 1.807) is 33.1 Å². The Kier molecular flexibility index (Phi) is 11.9. The molecular formula is C35H45NO14. The maximum absolute atomic E-state index is 13.8. The lowest BCUT2D eigenvalue weighted by Crippen LogP contribution is -2.59. The van der Waals surface area contributed by atoms with Crippen LogP contribution in [0.2, 0.25) is 0 Å². The molecule has 5 N–H and O–H groups in total. The molecule has 0 aromatic heterocycles. The van der Waals surface area contributed by atoms with Gasteiger partial charge in [0, 0.05) is 62.2 Å². The Hall–Kier alpha value is -3.51. The van der Waals surface area contributed by atoms with E-state index in [0.717, 1.165) is 0 Å². The number of ether oxygens (including phenoxy) is 6. The summed E-state index contributed by atoms with van der Waals surface area (Å²) in [5.74, 6) is -2.10. The number of benzene rings is 2. The number of aromatic hydroxyl groups is 2. The minimum Gasteiger partial charge on any atom is -0.507 e. The number of phenols is 2. The Morgan fingerprint density at radius 3 is 2.50 bits per heavy atom. The predicted octanol–water partition coefficient (Wildman–Crippen LogP) is 1.00. The van der Waals surface area contributed by atoms with Crippen molar-refractivity contribution in [3.63, 3.8) is 0 Å². The van der Waals surface area contributed by atoms with Gasteiger partial charge in [-0.3, -0.25) is 14.5 Å². The number of ketones is 2. The van der Waals surface area contributed by atoms with Crippen molar-refractivity contribution in [1.82, 2.24) is 4.90 Å². The molecule has 0 amide bonds. The summed E-state index contributed by atoms with van der Waals surface area (Å²) < 4.78 is 33.3. The highest BCUT2D eigenvalue weighted by Crippen LogP contribution is 2.52. The van der Waals surface area contributed by atoms with Crippen LogP contribution in [0.4, 0.5) is 0 Å². The van der Waals surface area contributed by atoms with E-state index < -0.39 is 59.6 Å². The standard InChI is InChI=1S/C31H37NO11.C4H8O3/c1-14-26(33)17(32-8-9-41-21(13-32)40-4)10-20(42-14)43-19-12-31(2,38)11-16-23(19)30(37)25-24(28(16)35)27(34)15-6-5-7-18(39-3)22(15)29(25)36;5-1-3-7-4-2-6/h5-7,14,17,19-21,26,33,35,37-38H,8-13H2,1-4H3;1,6H,2-4H2/t14?,17?,19?,20-,21?,26?,31-;/m0./s1. The van der Waals surface area contributed by atoms with Gasteiger partial charge < -0.3 is 58.7 Å². The van der Waals surface area contributed by atoms with Crippen LogP contribution in [-0.2, 0) is 34.9 Å². The van der Waals surface area contributed by atoms with Crippen LogP contribution < -0.4 is 4.74 Å². The van der Waals surface area contributed by atoms with Gasteiger partial charge in [0.25, 0.3) is 0 Å². The Labute approximate surface area is 289 Å². The molecule has 2 fully saturated rings. The molecule has 0 saturated carbocycles. The number of hydrogen-bond donors (Lipinski definition) is 5. The first-order valence-corrected chi connectivity index (χ1v) is 16.5. The number of phenolic OH excluding ortho intramolecular Hbond substituents is 2. The van der Waals surface area contributed by atoms with Crippen LogP contribution in [0.15, 0.2) is 18.2 Å². The lowest BCUT2D eigenvalue weighted by Gasteiger charge is -2.46. The van der Waals surface area contributed by atoms with E-state index in [0.29, 0.717) is 26.0 Å². The van der Waals surface area contributed by atoms with E-state index in [-0.39, 0.29) is 84.3 Å². The molecule has 15 heteroatoms. The van der Waals surface area contributed by atoms with Crippen LogP contribution in [0.1, 0.15) is 75.8 Å². The van der Waals surface area contributed by atoms with Crippen LogP contribution in [0.25, 0.3) is 0 Å². The summed E-state index contributed by atoms with van der Waals surface area (Å²) in [6.45, 7) is 5.07. The first-order chi connectivity index (χ1) is 23.9. The molecule has 0 radical (unpaired) electrons. The van der Waals surface area contributed by atoms with E-state index in [4.69, 9.17) is 28.8 Å². The molecule has 2 aromatic carbocycles. The van der Waals surface area contributed by atoms with Crippen molar-refractivity contribution in [2.75, 3.05) is 53.7 Å². The first-order valence-electron chi connectivity index (χ1n) is 16.5. The van der Waals surface area contributed by atoms with Gasteiger partial charge in [-0.1, -0.05) is 12.1 Å². The molecule has 2 aromatic rings. The second-order valence-electron chi connectivity index (χ2n) is 12.9. The third kappa shape index (κ3) is 7.42. The van der Waals surface area contributed by atoms with Crippen LogP contribution in [0, 0.1) is 0 Å². The highest BCUT2D eigenvalue weighted by atomic mass is 16.7. The molecule has 5 unspecified atom stereocenters. The van der Waals surface area contributed by atoms with Crippen molar-refractivity contribution in [1.29, 1.82) is 0 Å². The average molecular weight is 704 g/mol. The van der Waals surface area contributed by atoms with Gasteiger partial charge in [0.2, 0.25) is 5.78 Å². The number of aliphatic hydroxyl groups is 3. The minimum absolute atomic E-state index is 0.00133. The van der Waals surface area contributed by atoms with Gasteiger partial charge in [-0.15, -0.1) is 0 Å². The number of carbonyl (C=O) groups is 3. The van der Waals surface area contributed by atoms with Crippen molar-refractivity contribution < 1.29 is 68.3 Å². The van der Waals surface area contributed by atoms with Gasteiger partial charge in [-0.2, -0.15) is 0 Å². The zero-order chi connectivity index (χ0) is 36.3. The maximum atomic E-state index is 13.8. The highest BCUT2D eigenvalue weighted by molar-refractivity contribution is 6.31. The van der Waals surface area contributed by atoms with Crippen LogP contribution in [0.3, 0.4) is 0 Å². The van der Waals surface area contributed by atoms with Crippen molar-refractivity contribution >= 4 is 17.9 Å². The van der Waals surface area contributed by atoms with Gasteiger partial charge in [-0.05, 0) is 19.9 Å². The maximum Gasteiger partial charge on any atom is 0.202 e. The zero-order valence-electron chi connectivity index (χ0n) is 28.5. The SMILES string of the molecule is COc1cccc2c1C(=O)c1c(O)c3c(c(O)c1C2=O)C[C@](C)(O)CC3O[C@H]1CC(N2CCOC(OC)C2)C(O)C(C)O1.O=CCOCCO. The van der Waals surface area contributed by atoms with Crippen molar-refractivity contribution in [3.05, 3.63) is 51.6 Å². The lowest BCUT2D eigenvalue weighted by molar-refractivity contribution is -0.266. The van der Waals surface area contributed by atoms with Crippen molar-refractivity contribution in [2.45, 2.75) is 75.6 Å². The number of aliphatic hydroxyl groups excluding tert-OH is 2. The summed E-state index contributed by atoms with van der Waals surface area (Å²) in [7, 11) is 2.93. The van der Waals surface area contributed by atoms with E-state index >= 15 is 0 Å². The van der Waals surface area contributed by atoms with E-state index in [1.165, 1.54) is 13.2 Å². The van der Waals surface area contributed by atoms with Crippen LogP contribution >= 0.6 is 0 Å². The fraction of sp³-hybridized carbons (Fsp3) is 0.571. The number of rotatable bonds is 9. The van der Waals surface area contributed by atoms with Gasteiger partial charge in [0.1, 0.15) is 30.1 Å². The topological polar surface area (TPSA) is 211 Å². The van der Waals surface area contributed by atoms with Crippen LogP contribution in [0.5, 0.6) is 17.2 Å². The van der Waals surface area contributed by atoms with Crippen LogP contribution in [-0.4, -0.2) is 138 Å². The predicted molar refractivity (Wildman–Crippen MR) is 173 cm³/mol. The average Bonchev–Trinajstić information content (AvgIpc) is 3.09. The fourth-order valence-electron chi connectivity index (χ4n) is 7.15. The molecule has 2 saturated heterocycles. The largest absolute Gasteiger partial charge is 0.507 e. The van der Waals surface area contributed by atoms with Gasteiger partial charge in [0.15, 0.2) is 18.4 Å². The summed E-state index contributed by atoms with van der Waals surface area (Å²) in [6, 6.07) is 4.23. The first kappa shape index (κ1) is 37.7. The molecule has 7 atom stereocenters. The Balaban J connectivity index is 0.000000630. The quantitative estimate of drug-likeness (QED) is 0.120. The Morgan fingerprint density at radius 2 is 1.82 bits per heavy atom. The molecule has 2 heterocycles. The number of carbonyl (C=O) groups excluding carboxylic acids is 3. The third-order valence-corrected chi connectivity index (χ3v) is 9.48. The molecule has 15 nitrogen and oxygen atoms in total. The molecule has 50 heavy (non-hydrogen) atoms. The van der Waals surface area contributed by atoms with Gasteiger partial charge in [-0.25, -0.2) is 0 Å². The van der Waals surface area contributed by atoms with Gasteiger partial charge in [0.05, 0.1) is 67.5 Å². The number of nitrogens with zero attached hydrogens (tertiary/aromatic N) is 1. The molecule has 0 spiro atoms. The Morgan fingerprint density at radius 1 is 1.08 bits per heavy atom. The summed E-state index contributed by atoms with van der Waals surface area (Å²) in [6.07, 6.45) is -2.91. The van der Waals surface area contributed by atoms with E-state index in [2.05, 4.69) is 9.64 Å². The fourth-order valence-corrected chi connectivity index (χ4v) is 7.15. The molecule has 2 aliphatic carbocycles. The molecule has 4 aliphatic rings. The number of aldehydes is 1. The van der Waals surface area contributed by atoms with E-state index in [1.807, 2.05) is 0 Å². The molecular weight excluding hydrogens is 658 g/mol. The lowest BCUT2D eigenvalue weighted by atomic mass is 9.73. The summed E-state index contributed by atoms with van der Waals surface area (Å²) in [4.78, 5) is 38.9. The smallest absolute Gasteiger partial charge is 0.202 e. The van der Waals surface area contributed by atoms with E-state index in [9.17, 15) is 34.8 Å². The highest BCUT2D eigenvalue weighted by Gasteiger charge is 2.47. The molecule has 6 rings (SSSR count). The van der Waals surface area contributed by atoms with Crippen molar-refractivity contribution in [3.8, 4) is 17.2 Å². The molecule has 0 bridgehead atoms. The minimum atomic E-state index is -1.38. The second kappa shape index (κ2) is 15.8. The van der Waals surface area contributed by atoms with Gasteiger partial charge >= 0.3 is 0 Å². The van der Waals surface area contributed by atoms with Crippen molar-refractivity contribution in [2.24, 2.45) is 0 Å². The number of hydrogen-bond acceptors (Lipinski definition) is 15. The summed E-state index contributed by atoms with van der Waals surface area (Å²) in [5.41, 5.74) is -1.74. The monoisotopic (exact) mass is 703 g/mol. The zero-order valence-corrected chi connectivity index (χ0v) is 28.5. The second-order valence-corrected chi connectivity index (χ2v) is 12.9. The number of fused-ring (bicyclic) bond motifs is 3. The number of methoxy groups -OCH3 is 2. The summed E-state index contributed by atoms with van der Waals surface area (Å²) >= 11 is 0. The molecule has 274 valence electrons. The Bertz CT molecular complexity index is 1580. The third-order valence-electron chi connectivity index (χ3n) is 9.48. The normalized spacial score (nSPS) is 29.3. The molecule has 2 aliphatic heterocycles.